The summed E-state index contributed by atoms with van der Waals surface area (Å²) in [6.07, 6.45) is 1.14. The molecule has 170 valence electrons. The van der Waals surface area contributed by atoms with E-state index in [1.165, 1.54) is 19.2 Å². The third-order valence-corrected chi connectivity index (χ3v) is 5.94. The molecule has 1 saturated heterocycles. The molecule has 2 N–H and O–H groups in total. The Balaban J connectivity index is 1.34. The quantitative estimate of drug-likeness (QED) is 0.742. The summed E-state index contributed by atoms with van der Waals surface area (Å²) in [5.41, 5.74) is 3.11. The monoisotopic (exact) mass is 444 g/mol. The Labute approximate surface area is 185 Å². The van der Waals surface area contributed by atoms with E-state index in [-0.39, 0.29) is 24.4 Å². The summed E-state index contributed by atoms with van der Waals surface area (Å²) in [5.74, 6) is -1.92. The Morgan fingerprint density at radius 1 is 1.19 bits per heavy atom. The van der Waals surface area contributed by atoms with Crippen molar-refractivity contribution >= 4 is 28.9 Å². The summed E-state index contributed by atoms with van der Waals surface area (Å²) in [5, 5.41) is 6.00. The van der Waals surface area contributed by atoms with Gasteiger partial charge in [-0.2, -0.15) is 0 Å². The van der Waals surface area contributed by atoms with Gasteiger partial charge in [0.2, 0.25) is 11.8 Å². The van der Waals surface area contributed by atoms with Crippen molar-refractivity contribution in [1.82, 2.24) is 4.90 Å². The zero-order chi connectivity index (χ0) is 22.8. The standard InChI is InChI=1S/C23H26F2N4O3/c1-14-13-28(7-8-29(14)17-10-18(24)23(32-2)19(25)11-17)22(31)12-26-16-4-5-20-15(9-16)3-6-21(30)27-20/h4-5,9-11,14,26H,3,6-8,12-13H2,1-2H3,(H,27,30)/t14-/m1/s1. The van der Waals surface area contributed by atoms with E-state index in [0.29, 0.717) is 38.2 Å². The van der Waals surface area contributed by atoms with Gasteiger partial charge >= 0.3 is 0 Å². The van der Waals surface area contributed by atoms with E-state index in [1.54, 1.807) is 4.90 Å². The highest BCUT2D eigenvalue weighted by Gasteiger charge is 2.28. The maximum Gasteiger partial charge on any atom is 0.242 e. The molecule has 0 aliphatic carbocycles. The number of hydrogen-bond donors (Lipinski definition) is 2. The molecule has 1 atom stereocenters. The van der Waals surface area contributed by atoms with Crippen LogP contribution in [0.5, 0.6) is 5.75 Å². The Bertz CT molecular complexity index is 1020. The molecule has 2 aromatic rings. The molecule has 2 aromatic carbocycles. The number of nitrogens with one attached hydrogen (secondary N) is 2. The van der Waals surface area contributed by atoms with Gasteiger partial charge in [0.1, 0.15) is 0 Å². The van der Waals surface area contributed by atoms with Gasteiger partial charge in [-0.05, 0) is 37.1 Å². The highest BCUT2D eigenvalue weighted by atomic mass is 19.1. The van der Waals surface area contributed by atoms with Crippen molar-refractivity contribution in [3.8, 4) is 5.75 Å². The average Bonchev–Trinajstić information content (AvgIpc) is 2.77. The second-order valence-electron chi connectivity index (χ2n) is 8.10. The van der Waals surface area contributed by atoms with E-state index in [9.17, 15) is 18.4 Å². The van der Waals surface area contributed by atoms with Gasteiger partial charge in [0.05, 0.1) is 13.7 Å². The third kappa shape index (κ3) is 4.46. The topological polar surface area (TPSA) is 73.9 Å². The van der Waals surface area contributed by atoms with Crippen LogP contribution in [0.2, 0.25) is 0 Å². The van der Waals surface area contributed by atoms with Crippen LogP contribution in [0.1, 0.15) is 18.9 Å². The highest BCUT2D eigenvalue weighted by Crippen LogP contribution is 2.30. The minimum Gasteiger partial charge on any atom is -0.491 e. The molecule has 2 amide bonds. The maximum absolute atomic E-state index is 14.1. The van der Waals surface area contributed by atoms with Crippen molar-refractivity contribution in [2.45, 2.75) is 25.8 Å². The maximum atomic E-state index is 14.1. The molecule has 0 aromatic heterocycles. The molecule has 0 unspecified atom stereocenters. The molecule has 2 aliphatic heterocycles. The van der Waals surface area contributed by atoms with Crippen molar-refractivity contribution in [3.05, 3.63) is 47.5 Å². The fraction of sp³-hybridized carbons (Fsp3) is 0.391. The first-order chi connectivity index (χ1) is 15.4. The molecule has 0 saturated carbocycles. The number of carbonyl (C=O) groups excluding carboxylic acids is 2. The van der Waals surface area contributed by atoms with E-state index in [2.05, 4.69) is 10.6 Å². The van der Waals surface area contributed by atoms with Gasteiger partial charge in [-0.15, -0.1) is 0 Å². The van der Waals surface area contributed by atoms with Gasteiger partial charge in [-0.25, -0.2) is 8.78 Å². The van der Waals surface area contributed by atoms with Crippen LogP contribution in [0, 0.1) is 11.6 Å². The number of anilines is 3. The smallest absolute Gasteiger partial charge is 0.242 e. The number of fused-ring (bicyclic) bond motifs is 1. The fourth-order valence-electron chi connectivity index (χ4n) is 4.26. The molecule has 0 radical (unpaired) electrons. The zero-order valence-electron chi connectivity index (χ0n) is 18.1. The van der Waals surface area contributed by atoms with Crippen LogP contribution in [-0.4, -0.2) is 56.0 Å². The predicted octanol–water partition coefficient (Wildman–Crippen LogP) is 3.01. The second-order valence-corrected chi connectivity index (χ2v) is 8.10. The van der Waals surface area contributed by atoms with E-state index in [1.807, 2.05) is 30.0 Å². The lowest BCUT2D eigenvalue weighted by atomic mass is 10.0. The van der Waals surface area contributed by atoms with Crippen LogP contribution < -0.4 is 20.3 Å². The van der Waals surface area contributed by atoms with Crippen LogP contribution in [0.25, 0.3) is 0 Å². The number of methoxy groups -OCH3 is 1. The van der Waals surface area contributed by atoms with Gasteiger partial charge in [0.15, 0.2) is 17.4 Å². The van der Waals surface area contributed by atoms with Crippen molar-refractivity contribution in [1.29, 1.82) is 0 Å². The van der Waals surface area contributed by atoms with Crippen LogP contribution in [-0.2, 0) is 16.0 Å². The number of nitrogens with zero attached hydrogens (tertiary/aromatic N) is 2. The summed E-state index contributed by atoms with van der Waals surface area (Å²) in [6.45, 7) is 3.44. The van der Waals surface area contributed by atoms with Crippen LogP contribution in [0.4, 0.5) is 25.8 Å². The fourth-order valence-corrected chi connectivity index (χ4v) is 4.26. The lowest BCUT2D eigenvalue weighted by Crippen LogP contribution is -2.54. The van der Waals surface area contributed by atoms with E-state index < -0.39 is 17.4 Å². The summed E-state index contributed by atoms with van der Waals surface area (Å²) >= 11 is 0. The molecule has 9 heteroatoms. The van der Waals surface area contributed by atoms with E-state index in [4.69, 9.17) is 4.74 Å². The van der Waals surface area contributed by atoms with Crippen molar-refractivity contribution < 1.29 is 23.1 Å². The summed E-state index contributed by atoms with van der Waals surface area (Å²) < 4.78 is 32.9. The van der Waals surface area contributed by atoms with Gasteiger partial charge in [0, 0.05) is 61.3 Å². The number of halogens is 2. The summed E-state index contributed by atoms with van der Waals surface area (Å²) in [4.78, 5) is 27.9. The first-order valence-corrected chi connectivity index (χ1v) is 10.6. The molecule has 2 aliphatic rings. The van der Waals surface area contributed by atoms with Gasteiger partial charge in [-0.1, -0.05) is 0 Å². The Morgan fingerprint density at radius 2 is 1.94 bits per heavy atom. The van der Waals surface area contributed by atoms with Gasteiger partial charge < -0.3 is 25.2 Å². The minimum absolute atomic E-state index is 0.0155. The zero-order valence-corrected chi connectivity index (χ0v) is 18.1. The number of ether oxygens (including phenoxy) is 1. The number of rotatable bonds is 5. The molecule has 2 heterocycles. The SMILES string of the molecule is COc1c(F)cc(N2CCN(C(=O)CNc3ccc4c(c3)CCC(=O)N4)C[C@H]2C)cc1F. The molecule has 32 heavy (non-hydrogen) atoms. The third-order valence-electron chi connectivity index (χ3n) is 5.94. The van der Waals surface area contributed by atoms with Crippen molar-refractivity contribution in [2.75, 3.05) is 48.8 Å². The lowest BCUT2D eigenvalue weighted by Gasteiger charge is -2.41. The number of carbonyl (C=O) groups is 2. The molecule has 4 rings (SSSR count). The summed E-state index contributed by atoms with van der Waals surface area (Å²) in [7, 11) is 1.23. The number of piperazine rings is 1. The normalized spacial score (nSPS) is 18.1. The molecule has 0 bridgehead atoms. The minimum atomic E-state index is -0.748. The molecule has 0 spiro atoms. The van der Waals surface area contributed by atoms with Crippen molar-refractivity contribution in [3.63, 3.8) is 0 Å². The number of aryl methyl sites for hydroxylation is 1. The molecular weight excluding hydrogens is 418 g/mol. The summed E-state index contributed by atoms with van der Waals surface area (Å²) in [6, 6.07) is 8.05. The molecule has 1 fully saturated rings. The first-order valence-electron chi connectivity index (χ1n) is 10.6. The molecular formula is C23H26F2N4O3. The number of benzene rings is 2. The van der Waals surface area contributed by atoms with Crippen LogP contribution in [0.15, 0.2) is 30.3 Å². The van der Waals surface area contributed by atoms with Crippen LogP contribution >= 0.6 is 0 Å². The van der Waals surface area contributed by atoms with Gasteiger partial charge in [0.25, 0.3) is 0 Å². The molecule has 7 nitrogen and oxygen atoms in total. The number of hydrogen-bond acceptors (Lipinski definition) is 5. The predicted molar refractivity (Wildman–Crippen MR) is 118 cm³/mol. The van der Waals surface area contributed by atoms with E-state index in [0.717, 1.165) is 16.9 Å². The Morgan fingerprint density at radius 3 is 2.62 bits per heavy atom. The largest absolute Gasteiger partial charge is 0.491 e. The van der Waals surface area contributed by atoms with E-state index >= 15 is 0 Å². The Kier molecular flexibility index (Phi) is 6.16. The van der Waals surface area contributed by atoms with Crippen molar-refractivity contribution in [2.24, 2.45) is 0 Å². The number of amides is 2. The Hall–Kier alpha value is -3.36. The van der Waals surface area contributed by atoms with Gasteiger partial charge in [-0.3, -0.25) is 9.59 Å². The highest BCUT2D eigenvalue weighted by molar-refractivity contribution is 5.94. The van der Waals surface area contributed by atoms with Crippen LogP contribution in [0.3, 0.4) is 0 Å². The first kappa shape index (κ1) is 21.9. The second kappa shape index (κ2) is 9.02. The lowest BCUT2D eigenvalue weighted by molar-refractivity contribution is -0.130. The average molecular weight is 444 g/mol.